The van der Waals surface area contributed by atoms with Crippen LogP contribution in [0.25, 0.3) is 11.1 Å². The Balaban J connectivity index is 1.17. The third-order valence-corrected chi connectivity index (χ3v) is 7.30. The Bertz CT molecular complexity index is 1250. The fraction of sp³-hybridized carbons (Fsp3) is 0.280. The van der Waals surface area contributed by atoms with Crippen molar-refractivity contribution in [2.45, 2.75) is 31.0 Å². The van der Waals surface area contributed by atoms with Crippen molar-refractivity contribution in [3.8, 4) is 11.1 Å². The lowest BCUT2D eigenvalue weighted by molar-refractivity contribution is -0.141. The smallest absolute Gasteiger partial charge is 0.407 e. The summed E-state index contributed by atoms with van der Waals surface area (Å²) in [7, 11) is 0. The molecule has 2 unspecified atom stereocenters. The van der Waals surface area contributed by atoms with Crippen molar-refractivity contribution in [2.24, 2.45) is 0 Å². The normalized spacial score (nSPS) is 18.7. The second kappa shape index (κ2) is 9.47. The second-order valence-electron chi connectivity index (χ2n) is 8.50. The van der Waals surface area contributed by atoms with E-state index in [2.05, 4.69) is 22.4 Å². The molecular weight excluding hydrogens is 470 g/mol. The summed E-state index contributed by atoms with van der Waals surface area (Å²) < 4.78 is 5.51. The average Bonchev–Trinajstić information content (AvgIpc) is 3.57. The number of ether oxygens (including phenoxy) is 1. The number of rotatable bonds is 6. The van der Waals surface area contributed by atoms with Crippen LogP contribution in [0.4, 0.5) is 4.79 Å². The standard InChI is InChI=1S/C25H23N3O6S/c29-14-9-20(24(31)32)28(12-14)23(30)21-10-26-22(35-21)11-27-25(33)34-13-19-17-7-3-1-5-15(17)16-6-2-4-8-18(16)19/h1-8,10,14,19-20,29H,9,11-13H2,(H,27,33)(H,31,32). The fourth-order valence-electron chi connectivity index (χ4n) is 4.70. The summed E-state index contributed by atoms with van der Waals surface area (Å²) >= 11 is 1.06. The van der Waals surface area contributed by atoms with E-state index in [1.54, 1.807) is 0 Å². The van der Waals surface area contributed by atoms with E-state index >= 15 is 0 Å². The first-order valence-corrected chi connectivity index (χ1v) is 12.0. The maximum absolute atomic E-state index is 12.7. The fourth-order valence-corrected chi connectivity index (χ4v) is 5.52. The van der Waals surface area contributed by atoms with Crippen molar-refractivity contribution in [3.63, 3.8) is 0 Å². The molecule has 2 aromatic carbocycles. The van der Waals surface area contributed by atoms with Gasteiger partial charge in [-0.3, -0.25) is 4.79 Å². The van der Waals surface area contributed by atoms with Crippen LogP contribution in [-0.4, -0.2) is 63.4 Å². The Labute approximate surface area is 205 Å². The first-order chi connectivity index (χ1) is 16.9. The van der Waals surface area contributed by atoms with Gasteiger partial charge in [0.25, 0.3) is 5.91 Å². The molecule has 2 aliphatic rings. The maximum atomic E-state index is 12.7. The van der Waals surface area contributed by atoms with Gasteiger partial charge in [-0.15, -0.1) is 11.3 Å². The molecule has 9 nitrogen and oxygen atoms in total. The predicted molar refractivity (Wildman–Crippen MR) is 127 cm³/mol. The first-order valence-electron chi connectivity index (χ1n) is 11.2. The third kappa shape index (κ3) is 4.50. The summed E-state index contributed by atoms with van der Waals surface area (Å²) in [6.07, 6.45) is -0.118. The zero-order valence-electron chi connectivity index (χ0n) is 18.6. The molecule has 1 saturated heterocycles. The Hall–Kier alpha value is -3.76. The van der Waals surface area contributed by atoms with Gasteiger partial charge in [-0.1, -0.05) is 48.5 Å². The van der Waals surface area contributed by atoms with Gasteiger partial charge in [-0.05, 0) is 22.3 Å². The van der Waals surface area contributed by atoms with Crippen LogP contribution in [0, 0.1) is 0 Å². The van der Waals surface area contributed by atoms with Crippen LogP contribution in [0.2, 0.25) is 0 Å². The number of carboxylic acids is 1. The van der Waals surface area contributed by atoms with Crippen LogP contribution in [0.15, 0.2) is 54.7 Å². The number of β-amino-alcohol motifs (C(OH)–C–C–N with tert-alkyl or cyclic N) is 1. The van der Waals surface area contributed by atoms with Crippen molar-refractivity contribution >= 4 is 29.3 Å². The number of thiazole rings is 1. The van der Waals surface area contributed by atoms with Crippen molar-refractivity contribution in [1.29, 1.82) is 0 Å². The summed E-state index contributed by atoms with van der Waals surface area (Å²) in [4.78, 5) is 42.0. The second-order valence-corrected chi connectivity index (χ2v) is 9.61. The number of nitrogens with one attached hydrogen (secondary N) is 1. The molecule has 0 radical (unpaired) electrons. The van der Waals surface area contributed by atoms with Gasteiger partial charge >= 0.3 is 12.1 Å². The number of carbonyl (C=O) groups excluding carboxylic acids is 2. The first kappa shape index (κ1) is 23.0. The Morgan fingerprint density at radius 2 is 1.74 bits per heavy atom. The quantitative estimate of drug-likeness (QED) is 0.482. The minimum atomic E-state index is -1.16. The highest BCUT2D eigenvalue weighted by molar-refractivity contribution is 7.13. The zero-order valence-corrected chi connectivity index (χ0v) is 19.4. The number of carbonyl (C=O) groups is 3. The number of hydrogen-bond donors (Lipinski definition) is 3. The van der Waals surface area contributed by atoms with Crippen LogP contribution >= 0.6 is 11.3 Å². The van der Waals surface area contributed by atoms with Gasteiger partial charge in [-0.25, -0.2) is 14.6 Å². The van der Waals surface area contributed by atoms with Crippen LogP contribution in [-0.2, 0) is 16.1 Å². The van der Waals surface area contributed by atoms with Crippen molar-refractivity contribution < 1.29 is 29.3 Å². The Kier molecular flexibility index (Phi) is 6.23. The lowest BCUT2D eigenvalue weighted by Gasteiger charge is -2.19. The maximum Gasteiger partial charge on any atom is 0.407 e. The Morgan fingerprint density at radius 1 is 1.09 bits per heavy atom. The molecule has 0 spiro atoms. The van der Waals surface area contributed by atoms with E-state index in [0.717, 1.165) is 38.5 Å². The van der Waals surface area contributed by atoms with Gasteiger partial charge in [0, 0.05) is 18.9 Å². The van der Waals surface area contributed by atoms with Crippen molar-refractivity contribution in [1.82, 2.24) is 15.2 Å². The molecule has 3 N–H and O–H groups in total. The predicted octanol–water partition coefficient (Wildman–Crippen LogP) is 2.84. The highest BCUT2D eigenvalue weighted by atomic mass is 32.1. The number of likely N-dealkylation sites (tertiary alicyclic amines) is 1. The highest BCUT2D eigenvalue weighted by Crippen LogP contribution is 2.44. The van der Waals surface area contributed by atoms with Gasteiger partial charge in [0.15, 0.2) is 0 Å². The van der Waals surface area contributed by atoms with E-state index in [9.17, 15) is 24.6 Å². The average molecular weight is 494 g/mol. The van der Waals surface area contributed by atoms with E-state index in [4.69, 9.17) is 4.74 Å². The number of aliphatic carboxylic acids is 1. The topological polar surface area (TPSA) is 129 Å². The lowest BCUT2D eigenvalue weighted by Crippen LogP contribution is -2.40. The summed E-state index contributed by atoms with van der Waals surface area (Å²) in [5, 5.41) is 22.2. The molecule has 1 aliphatic carbocycles. The van der Waals surface area contributed by atoms with E-state index in [1.807, 2.05) is 36.4 Å². The molecule has 1 fully saturated rings. The highest BCUT2D eigenvalue weighted by Gasteiger charge is 2.39. The zero-order chi connectivity index (χ0) is 24.5. The summed E-state index contributed by atoms with van der Waals surface area (Å²) in [5.41, 5.74) is 4.54. The Morgan fingerprint density at radius 3 is 2.40 bits per heavy atom. The molecule has 2 heterocycles. The minimum absolute atomic E-state index is 0.00389. The van der Waals surface area contributed by atoms with E-state index in [-0.39, 0.29) is 36.9 Å². The number of fused-ring (bicyclic) bond motifs is 3. The number of hydrogen-bond acceptors (Lipinski definition) is 7. The third-order valence-electron chi connectivity index (χ3n) is 6.32. The number of aliphatic hydroxyl groups excluding tert-OH is 1. The molecule has 3 aromatic rings. The number of carboxylic acid groups (broad SMARTS) is 1. The molecule has 5 rings (SSSR count). The number of alkyl carbamates (subject to hydrolysis) is 1. The van der Waals surface area contributed by atoms with E-state index in [1.165, 1.54) is 6.20 Å². The van der Waals surface area contributed by atoms with Crippen LogP contribution in [0.3, 0.4) is 0 Å². The molecule has 10 heteroatoms. The van der Waals surface area contributed by atoms with Crippen LogP contribution in [0.5, 0.6) is 0 Å². The molecule has 180 valence electrons. The molecular formula is C25H23N3O6S. The summed E-state index contributed by atoms with van der Waals surface area (Å²) in [6.45, 7) is 0.218. The van der Waals surface area contributed by atoms with Crippen molar-refractivity contribution in [3.05, 3.63) is 75.7 Å². The number of aliphatic hydroxyl groups is 1. The van der Waals surface area contributed by atoms with Gasteiger partial charge < -0.3 is 25.2 Å². The molecule has 35 heavy (non-hydrogen) atoms. The number of nitrogens with zero attached hydrogens (tertiary/aromatic N) is 2. The number of amides is 2. The molecule has 2 atom stereocenters. The molecule has 1 aromatic heterocycles. The summed E-state index contributed by atoms with van der Waals surface area (Å²) in [6, 6.07) is 15.1. The van der Waals surface area contributed by atoms with Crippen molar-refractivity contribution in [2.75, 3.05) is 13.2 Å². The van der Waals surface area contributed by atoms with Gasteiger partial charge in [-0.2, -0.15) is 0 Å². The van der Waals surface area contributed by atoms with Crippen LogP contribution in [0.1, 0.15) is 38.1 Å². The largest absolute Gasteiger partial charge is 0.480 e. The minimum Gasteiger partial charge on any atom is -0.480 e. The van der Waals surface area contributed by atoms with Gasteiger partial charge in [0.1, 0.15) is 22.5 Å². The number of benzene rings is 2. The summed E-state index contributed by atoms with van der Waals surface area (Å²) in [5.74, 6) is -1.70. The molecule has 0 saturated carbocycles. The van der Waals surface area contributed by atoms with E-state index < -0.39 is 30.1 Å². The van der Waals surface area contributed by atoms with Crippen LogP contribution < -0.4 is 5.32 Å². The molecule has 1 aliphatic heterocycles. The monoisotopic (exact) mass is 493 g/mol. The SMILES string of the molecule is O=C(NCc1ncc(C(=O)N2CC(O)CC2C(=O)O)s1)OCC1c2ccccc2-c2ccccc21. The van der Waals surface area contributed by atoms with Gasteiger partial charge in [0.05, 0.1) is 18.8 Å². The lowest BCUT2D eigenvalue weighted by atomic mass is 9.98. The van der Waals surface area contributed by atoms with Gasteiger partial charge in [0.2, 0.25) is 0 Å². The van der Waals surface area contributed by atoms with E-state index in [0.29, 0.717) is 5.01 Å². The molecule has 0 bridgehead atoms. The number of aromatic nitrogens is 1. The molecule has 2 amide bonds.